The minimum Gasteiger partial charge on any atom is -0.314 e. The van der Waals surface area contributed by atoms with Gasteiger partial charge >= 0.3 is 0 Å². The van der Waals surface area contributed by atoms with Crippen LogP contribution in [0.3, 0.4) is 0 Å². The minimum absolute atomic E-state index is 0.561. The molecule has 1 aromatic carbocycles. The molecule has 0 bridgehead atoms. The summed E-state index contributed by atoms with van der Waals surface area (Å²) in [5.74, 6) is 0. The number of nitrogens with one attached hydrogen (secondary N) is 1. The molecule has 86 valence electrons. The molecular weight excluding hydrogens is 216 g/mol. The number of likely N-dealkylation sites (N-methyl/N-ethyl adjacent to an activating group) is 1. The van der Waals surface area contributed by atoms with Crippen molar-refractivity contribution in [3.8, 4) is 0 Å². The molecular formula is C13H18N2S. The van der Waals surface area contributed by atoms with Gasteiger partial charge in [-0.25, -0.2) is 4.98 Å². The van der Waals surface area contributed by atoms with Gasteiger partial charge in [-0.15, -0.1) is 11.3 Å². The van der Waals surface area contributed by atoms with Crippen molar-refractivity contribution >= 4 is 21.6 Å². The Balaban J connectivity index is 2.14. The molecule has 0 saturated carbocycles. The van der Waals surface area contributed by atoms with E-state index in [1.54, 1.807) is 0 Å². The molecule has 0 saturated heterocycles. The zero-order valence-corrected chi connectivity index (χ0v) is 10.7. The molecule has 3 heteroatoms. The highest BCUT2D eigenvalue weighted by molar-refractivity contribution is 7.18. The van der Waals surface area contributed by atoms with E-state index in [1.807, 2.05) is 17.4 Å². The van der Waals surface area contributed by atoms with Gasteiger partial charge in [0, 0.05) is 12.5 Å². The first-order valence-corrected chi connectivity index (χ1v) is 6.73. The zero-order valence-electron chi connectivity index (χ0n) is 9.86. The molecule has 0 radical (unpaired) electrons. The lowest BCUT2D eigenvalue weighted by Gasteiger charge is -2.13. The van der Waals surface area contributed by atoms with Crippen LogP contribution in [0.1, 0.15) is 25.3 Å². The molecule has 0 spiro atoms. The summed E-state index contributed by atoms with van der Waals surface area (Å²) in [4.78, 5) is 4.66. The highest BCUT2D eigenvalue weighted by Gasteiger charge is 2.09. The molecule has 1 aromatic heterocycles. The molecule has 2 nitrogen and oxygen atoms in total. The van der Waals surface area contributed by atoms with Gasteiger partial charge < -0.3 is 5.32 Å². The fourth-order valence-electron chi connectivity index (χ4n) is 1.87. The van der Waals surface area contributed by atoms with Gasteiger partial charge in [-0.05, 0) is 25.1 Å². The molecule has 0 fully saturated rings. The number of hydrogen-bond donors (Lipinski definition) is 1. The van der Waals surface area contributed by atoms with Gasteiger partial charge in [0.05, 0.1) is 15.2 Å². The van der Waals surface area contributed by atoms with Crippen LogP contribution in [0.4, 0.5) is 0 Å². The summed E-state index contributed by atoms with van der Waals surface area (Å²) in [5.41, 5.74) is 1.13. The average molecular weight is 234 g/mol. The summed E-state index contributed by atoms with van der Waals surface area (Å²) in [6, 6.07) is 8.92. The first-order chi connectivity index (χ1) is 7.83. The van der Waals surface area contributed by atoms with Crippen LogP contribution in [-0.2, 0) is 6.42 Å². The SMILES string of the molecule is CCNC(CC)Cc1nc2ccccc2s1. The van der Waals surface area contributed by atoms with Crippen LogP contribution >= 0.6 is 11.3 Å². The Morgan fingerprint density at radius 3 is 2.81 bits per heavy atom. The number of hydrogen-bond acceptors (Lipinski definition) is 3. The van der Waals surface area contributed by atoms with Crippen molar-refractivity contribution in [3.63, 3.8) is 0 Å². The van der Waals surface area contributed by atoms with Crippen LogP contribution < -0.4 is 5.32 Å². The molecule has 0 aliphatic heterocycles. The van der Waals surface area contributed by atoms with E-state index < -0.39 is 0 Å². The third-order valence-electron chi connectivity index (χ3n) is 2.74. The van der Waals surface area contributed by atoms with E-state index >= 15 is 0 Å². The van der Waals surface area contributed by atoms with Crippen molar-refractivity contribution in [2.75, 3.05) is 6.54 Å². The van der Waals surface area contributed by atoms with Crippen LogP contribution in [-0.4, -0.2) is 17.6 Å². The Hall–Kier alpha value is -0.930. The Bertz CT molecular complexity index is 417. The summed E-state index contributed by atoms with van der Waals surface area (Å²) in [7, 11) is 0. The molecule has 2 aromatic rings. The minimum atomic E-state index is 0.561. The van der Waals surface area contributed by atoms with Gasteiger partial charge in [-0.3, -0.25) is 0 Å². The van der Waals surface area contributed by atoms with E-state index in [2.05, 4.69) is 42.3 Å². The summed E-state index contributed by atoms with van der Waals surface area (Å²) in [5, 5.41) is 4.74. The molecule has 16 heavy (non-hydrogen) atoms. The molecule has 1 heterocycles. The molecule has 1 unspecified atom stereocenters. The lowest BCUT2D eigenvalue weighted by Crippen LogP contribution is -2.30. The van der Waals surface area contributed by atoms with Gasteiger partial charge in [-0.2, -0.15) is 0 Å². The smallest absolute Gasteiger partial charge is 0.0954 e. The number of aromatic nitrogens is 1. The molecule has 1 atom stereocenters. The second-order valence-corrected chi connectivity index (χ2v) is 5.06. The summed E-state index contributed by atoms with van der Waals surface area (Å²) in [6.07, 6.45) is 2.20. The Kier molecular flexibility index (Phi) is 3.91. The quantitative estimate of drug-likeness (QED) is 0.859. The third kappa shape index (κ3) is 2.60. The molecule has 0 aliphatic rings. The monoisotopic (exact) mass is 234 g/mol. The standard InChI is InChI=1S/C13H18N2S/c1-3-10(14-4-2)9-13-15-11-7-5-6-8-12(11)16-13/h5-8,10,14H,3-4,9H2,1-2H3. The highest BCUT2D eigenvalue weighted by Crippen LogP contribution is 2.22. The zero-order chi connectivity index (χ0) is 11.4. The number of rotatable bonds is 5. The summed E-state index contributed by atoms with van der Waals surface area (Å²) < 4.78 is 1.30. The largest absolute Gasteiger partial charge is 0.314 e. The summed E-state index contributed by atoms with van der Waals surface area (Å²) >= 11 is 1.82. The fraction of sp³-hybridized carbons (Fsp3) is 0.462. The van der Waals surface area contributed by atoms with Crippen molar-refractivity contribution in [1.82, 2.24) is 10.3 Å². The maximum absolute atomic E-state index is 4.66. The highest BCUT2D eigenvalue weighted by atomic mass is 32.1. The van der Waals surface area contributed by atoms with Crippen molar-refractivity contribution in [3.05, 3.63) is 29.3 Å². The topological polar surface area (TPSA) is 24.9 Å². The predicted octanol–water partition coefficient (Wildman–Crippen LogP) is 3.23. The second kappa shape index (κ2) is 5.41. The van der Waals surface area contributed by atoms with Crippen LogP contribution in [0.15, 0.2) is 24.3 Å². The average Bonchev–Trinajstić information content (AvgIpc) is 2.70. The van der Waals surface area contributed by atoms with Crippen molar-refractivity contribution < 1.29 is 0 Å². The van der Waals surface area contributed by atoms with Crippen molar-refractivity contribution in [2.45, 2.75) is 32.7 Å². The fourth-order valence-corrected chi connectivity index (χ4v) is 2.91. The Morgan fingerprint density at radius 1 is 1.31 bits per heavy atom. The van der Waals surface area contributed by atoms with Gasteiger partial charge in [0.2, 0.25) is 0 Å². The molecule has 0 amide bonds. The number of fused-ring (bicyclic) bond motifs is 1. The van der Waals surface area contributed by atoms with Gasteiger partial charge in [0.25, 0.3) is 0 Å². The number of benzene rings is 1. The number of thiazole rings is 1. The molecule has 1 N–H and O–H groups in total. The second-order valence-electron chi connectivity index (χ2n) is 3.94. The molecule has 2 rings (SSSR count). The third-order valence-corrected chi connectivity index (χ3v) is 3.80. The van der Waals surface area contributed by atoms with Gasteiger partial charge in [0.15, 0.2) is 0 Å². The van der Waals surface area contributed by atoms with Crippen LogP contribution in [0.25, 0.3) is 10.2 Å². The van der Waals surface area contributed by atoms with Crippen molar-refractivity contribution in [2.24, 2.45) is 0 Å². The molecule has 0 aliphatic carbocycles. The Labute approximate surface area is 101 Å². The maximum Gasteiger partial charge on any atom is 0.0954 e. The lowest BCUT2D eigenvalue weighted by atomic mass is 10.1. The lowest BCUT2D eigenvalue weighted by molar-refractivity contribution is 0.509. The summed E-state index contributed by atoms with van der Waals surface area (Å²) in [6.45, 7) is 5.41. The first kappa shape index (κ1) is 11.6. The Morgan fingerprint density at radius 2 is 2.12 bits per heavy atom. The van der Waals surface area contributed by atoms with Crippen LogP contribution in [0.2, 0.25) is 0 Å². The van der Waals surface area contributed by atoms with E-state index in [4.69, 9.17) is 0 Å². The van der Waals surface area contributed by atoms with E-state index in [0.717, 1.165) is 24.9 Å². The normalized spacial score (nSPS) is 13.1. The first-order valence-electron chi connectivity index (χ1n) is 5.91. The van der Waals surface area contributed by atoms with Gasteiger partial charge in [0.1, 0.15) is 0 Å². The number of nitrogens with zero attached hydrogens (tertiary/aromatic N) is 1. The maximum atomic E-state index is 4.66. The van der Waals surface area contributed by atoms with Gasteiger partial charge in [-0.1, -0.05) is 26.0 Å². The van der Waals surface area contributed by atoms with E-state index in [0.29, 0.717) is 6.04 Å². The van der Waals surface area contributed by atoms with E-state index in [1.165, 1.54) is 9.71 Å². The van der Waals surface area contributed by atoms with Crippen LogP contribution in [0.5, 0.6) is 0 Å². The van der Waals surface area contributed by atoms with Crippen molar-refractivity contribution in [1.29, 1.82) is 0 Å². The van der Waals surface area contributed by atoms with E-state index in [9.17, 15) is 0 Å². The predicted molar refractivity (Wildman–Crippen MR) is 71.1 cm³/mol. The van der Waals surface area contributed by atoms with E-state index in [-0.39, 0.29) is 0 Å². The van der Waals surface area contributed by atoms with Crippen LogP contribution in [0, 0.1) is 0 Å². The number of para-hydroxylation sites is 1.